The second-order valence-electron chi connectivity index (χ2n) is 16.9. The van der Waals surface area contributed by atoms with Crippen LogP contribution < -0.4 is 20.7 Å². The molecule has 20 heteroatoms. The van der Waals surface area contributed by atoms with Gasteiger partial charge in [-0.25, -0.2) is 18.4 Å². The number of nitrogens with zero attached hydrogens (tertiary/aromatic N) is 6. The molecule has 0 bridgehead atoms. The third-order valence-corrected chi connectivity index (χ3v) is 14.2. The van der Waals surface area contributed by atoms with Crippen LogP contribution in [0, 0.1) is 13.8 Å². The molecule has 2 saturated heterocycles. The van der Waals surface area contributed by atoms with Gasteiger partial charge in [-0.2, -0.15) is 5.10 Å². The molecule has 2 aromatic carbocycles. The van der Waals surface area contributed by atoms with E-state index in [1.807, 2.05) is 13.8 Å². The third kappa shape index (κ3) is 10.5. The normalized spacial score (nSPS) is 17.6. The number of aromatic nitrogens is 4. The molecule has 5 heterocycles. The summed E-state index contributed by atoms with van der Waals surface area (Å²) in [6.45, 7) is 15.3. The van der Waals surface area contributed by atoms with Crippen LogP contribution in [0.2, 0.25) is 0 Å². The molecule has 0 aliphatic carbocycles. The highest BCUT2D eigenvalue weighted by molar-refractivity contribution is 7.92. The van der Waals surface area contributed by atoms with Crippen LogP contribution in [-0.2, 0) is 40.2 Å². The lowest BCUT2D eigenvalue weighted by atomic mass is 10.0. The zero-order chi connectivity index (χ0) is 44.9. The van der Waals surface area contributed by atoms with E-state index in [0.717, 1.165) is 50.5 Å². The first-order chi connectivity index (χ1) is 30.1. The van der Waals surface area contributed by atoms with Gasteiger partial charge in [0.05, 0.1) is 36.7 Å². The number of fused-ring (bicyclic) bond motifs is 2. The minimum absolute atomic E-state index is 0.0939. The average molecular weight is 889 g/mol. The van der Waals surface area contributed by atoms with Gasteiger partial charge in [-0.05, 0) is 65.7 Å². The number of aryl methyl sites for hydroxylation is 1. The Labute approximate surface area is 366 Å². The summed E-state index contributed by atoms with van der Waals surface area (Å²) < 4.78 is 44.1. The highest BCUT2D eigenvalue weighted by Crippen LogP contribution is 2.37. The Morgan fingerprint density at radius 1 is 0.937 bits per heavy atom. The number of hydrogen-bond donors (Lipinski definition) is 4. The molecule has 4 aromatic rings. The first-order valence-electron chi connectivity index (χ1n) is 21.2. The van der Waals surface area contributed by atoms with Gasteiger partial charge in [0.25, 0.3) is 5.91 Å². The van der Waals surface area contributed by atoms with Crippen molar-refractivity contribution in [2.24, 2.45) is 0 Å². The molecular formula is C43H56N10O9S. The third-order valence-electron chi connectivity index (χ3n) is 11.6. The fourth-order valence-corrected chi connectivity index (χ4v) is 9.02. The van der Waals surface area contributed by atoms with Crippen molar-refractivity contribution in [3.05, 3.63) is 59.0 Å². The standard InChI is InChI=1S/C43H56N10O9S/c1-27-28(2)49-50-39(27)48-40-30-22-36(63(58,59)43(3,4)5)35(23-33(30)44-26-45-40)62-18-7-12-51-13-15-52(16-14-51)17-19-60-20-21-61-25-38(55)46-32-9-6-8-29-31(32)24-53(42(29)57)34-10-11-37(54)47-41(34)56/h6,8-9,22-23,26,34H,7,10-21,24-25H2,1-5H3,(H,46,55)(H,47,54,56)(H2,44,45,48,49,50). The first-order valence-corrected chi connectivity index (χ1v) is 22.7. The number of amides is 4. The highest BCUT2D eigenvalue weighted by atomic mass is 32.2. The van der Waals surface area contributed by atoms with E-state index in [4.69, 9.17) is 14.2 Å². The molecule has 0 saturated carbocycles. The number of sulfone groups is 1. The molecule has 2 aromatic heterocycles. The quantitative estimate of drug-likeness (QED) is 0.0831. The summed E-state index contributed by atoms with van der Waals surface area (Å²) in [6.07, 6.45) is 2.56. The summed E-state index contributed by atoms with van der Waals surface area (Å²) in [6, 6.07) is 7.58. The SMILES string of the molecule is Cc1[nH]nc(Nc2ncnc3cc(OCCCN4CCN(CCOCCOCC(=O)Nc5cccc6c5CN(C5CCC(=O)NC5=O)C6=O)CC4)c(S(=O)(=O)C(C)(C)C)cc23)c1C. The van der Waals surface area contributed by atoms with E-state index in [-0.39, 0.29) is 61.0 Å². The molecule has 0 spiro atoms. The van der Waals surface area contributed by atoms with Crippen molar-refractivity contribution in [1.29, 1.82) is 0 Å². The van der Waals surface area contributed by atoms with Crippen LogP contribution in [0.4, 0.5) is 17.3 Å². The van der Waals surface area contributed by atoms with Gasteiger partial charge in [0, 0.05) is 91.8 Å². The van der Waals surface area contributed by atoms with Gasteiger partial charge in [-0.1, -0.05) is 6.07 Å². The molecule has 338 valence electrons. The molecule has 0 radical (unpaired) electrons. The first kappa shape index (κ1) is 45.5. The molecule has 19 nitrogen and oxygen atoms in total. The highest BCUT2D eigenvalue weighted by Gasteiger charge is 2.40. The molecule has 4 N–H and O–H groups in total. The molecule has 1 atom stereocenters. The monoisotopic (exact) mass is 888 g/mol. The number of imide groups is 1. The van der Waals surface area contributed by atoms with Crippen LogP contribution in [-0.4, -0.2) is 150 Å². The van der Waals surface area contributed by atoms with Crippen LogP contribution in [0.15, 0.2) is 41.6 Å². The van der Waals surface area contributed by atoms with Crippen LogP contribution in [0.5, 0.6) is 5.75 Å². The van der Waals surface area contributed by atoms with Crippen LogP contribution >= 0.6 is 0 Å². The van der Waals surface area contributed by atoms with E-state index in [1.165, 1.54) is 11.2 Å². The van der Waals surface area contributed by atoms with Crippen molar-refractivity contribution < 1.29 is 41.8 Å². The smallest absolute Gasteiger partial charge is 0.255 e. The van der Waals surface area contributed by atoms with Gasteiger partial charge >= 0.3 is 0 Å². The number of nitrogens with one attached hydrogen (secondary N) is 4. The number of H-pyrrole nitrogens is 1. The van der Waals surface area contributed by atoms with Crippen LogP contribution in [0.25, 0.3) is 10.9 Å². The second kappa shape index (κ2) is 19.5. The number of benzene rings is 2. The van der Waals surface area contributed by atoms with E-state index < -0.39 is 26.5 Å². The fraction of sp³-hybridized carbons (Fsp3) is 0.512. The lowest BCUT2D eigenvalue weighted by Crippen LogP contribution is -2.52. The number of piperidine rings is 1. The minimum atomic E-state index is -3.80. The van der Waals surface area contributed by atoms with E-state index in [1.54, 1.807) is 51.1 Å². The summed E-state index contributed by atoms with van der Waals surface area (Å²) in [5.74, 6) is -0.212. The van der Waals surface area contributed by atoms with Crippen molar-refractivity contribution in [3.8, 4) is 5.75 Å². The van der Waals surface area contributed by atoms with E-state index in [2.05, 4.69) is 45.9 Å². The number of rotatable bonds is 18. The maximum atomic E-state index is 13.8. The Balaban J connectivity index is 0.796. The van der Waals surface area contributed by atoms with Gasteiger partial charge in [-0.15, -0.1) is 0 Å². The maximum absolute atomic E-state index is 13.8. The molecule has 2 fully saturated rings. The van der Waals surface area contributed by atoms with Crippen molar-refractivity contribution in [2.45, 2.75) is 76.1 Å². The zero-order valence-electron chi connectivity index (χ0n) is 36.4. The summed E-state index contributed by atoms with van der Waals surface area (Å²) >= 11 is 0. The Kier molecular flexibility index (Phi) is 14.1. The predicted molar refractivity (Wildman–Crippen MR) is 234 cm³/mol. The van der Waals surface area contributed by atoms with Gasteiger partial charge in [0.15, 0.2) is 15.7 Å². The van der Waals surface area contributed by atoms with Gasteiger partial charge in [0.2, 0.25) is 17.7 Å². The van der Waals surface area contributed by atoms with Gasteiger partial charge in [0.1, 0.15) is 35.4 Å². The average Bonchev–Trinajstić information content (AvgIpc) is 3.75. The second-order valence-corrected chi connectivity index (χ2v) is 19.6. The Hall–Kier alpha value is -5.54. The Bertz CT molecular complexity index is 2460. The van der Waals surface area contributed by atoms with Crippen molar-refractivity contribution >= 4 is 61.7 Å². The lowest BCUT2D eigenvalue weighted by molar-refractivity contribution is -0.137. The summed E-state index contributed by atoms with van der Waals surface area (Å²) in [5.41, 5.74) is 3.91. The fourth-order valence-electron chi connectivity index (χ4n) is 7.71. The number of piperazine rings is 1. The lowest BCUT2D eigenvalue weighted by Gasteiger charge is -2.34. The number of ether oxygens (including phenoxy) is 3. The van der Waals surface area contributed by atoms with Gasteiger partial charge in [-0.3, -0.25) is 34.5 Å². The molecule has 4 amide bonds. The van der Waals surface area contributed by atoms with E-state index in [0.29, 0.717) is 65.6 Å². The Morgan fingerprint density at radius 2 is 1.68 bits per heavy atom. The molecule has 1 unspecified atom stereocenters. The number of carbonyl (C=O) groups is 4. The van der Waals surface area contributed by atoms with E-state index in [9.17, 15) is 27.6 Å². The summed E-state index contributed by atoms with van der Waals surface area (Å²) in [4.78, 5) is 64.8. The summed E-state index contributed by atoms with van der Waals surface area (Å²) in [7, 11) is -3.80. The van der Waals surface area contributed by atoms with Crippen LogP contribution in [0.3, 0.4) is 0 Å². The number of aromatic amines is 1. The van der Waals surface area contributed by atoms with Crippen molar-refractivity contribution in [3.63, 3.8) is 0 Å². The van der Waals surface area contributed by atoms with E-state index >= 15 is 0 Å². The van der Waals surface area contributed by atoms with Gasteiger partial charge < -0.3 is 34.6 Å². The predicted octanol–water partition coefficient (Wildman–Crippen LogP) is 3.10. The molecule has 63 heavy (non-hydrogen) atoms. The minimum Gasteiger partial charge on any atom is -0.492 e. The van der Waals surface area contributed by atoms with Crippen molar-refractivity contribution in [2.75, 3.05) is 82.9 Å². The van der Waals surface area contributed by atoms with Crippen molar-refractivity contribution in [1.82, 2.24) is 40.2 Å². The number of anilines is 3. The topological polar surface area (TPSA) is 230 Å². The molecule has 3 aliphatic heterocycles. The maximum Gasteiger partial charge on any atom is 0.255 e. The number of carbonyl (C=O) groups excluding carboxylic acids is 4. The van der Waals surface area contributed by atoms with Crippen LogP contribution in [0.1, 0.15) is 67.2 Å². The summed E-state index contributed by atoms with van der Waals surface area (Å²) in [5, 5.41) is 16.1. The zero-order valence-corrected chi connectivity index (χ0v) is 37.2. The molecule has 7 rings (SSSR count). The number of hydrogen-bond acceptors (Lipinski definition) is 15. The largest absolute Gasteiger partial charge is 0.492 e. The molecule has 3 aliphatic rings. The Morgan fingerprint density at radius 3 is 2.40 bits per heavy atom. The molecular weight excluding hydrogens is 833 g/mol.